The molecule has 0 radical (unpaired) electrons. The number of benzene rings is 1. The summed E-state index contributed by atoms with van der Waals surface area (Å²) < 4.78 is 0. The van der Waals surface area contributed by atoms with Crippen LogP contribution in [0.15, 0.2) is 24.3 Å². The zero-order valence-electron chi connectivity index (χ0n) is 9.36. The van der Waals surface area contributed by atoms with Crippen LogP contribution >= 0.6 is 0 Å². The van der Waals surface area contributed by atoms with E-state index in [2.05, 4.69) is 29.2 Å². The van der Waals surface area contributed by atoms with Crippen molar-refractivity contribution in [2.45, 2.75) is 26.9 Å². The summed E-state index contributed by atoms with van der Waals surface area (Å²) in [4.78, 5) is 13.8. The van der Waals surface area contributed by atoms with Crippen LogP contribution in [0.2, 0.25) is 0 Å². The van der Waals surface area contributed by atoms with Gasteiger partial charge in [0.15, 0.2) is 0 Å². The molecule has 0 N–H and O–H groups in total. The standard InChI is InChI=1S/C13H17NO/c1-10(2)13(15)9-14-7-11-5-3-4-6-12(11)8-14/h3-6,10H,7-9H2,1-2H3. The Morgan fingerprint density at radius 1 is 1.27 bits per heavy atom. The van der Waals surface area contributed by atoms with Crippen molar-refractivity contribution in [3.8, 4) is 0 Å². The van der Waals surface area contributed by atoms with Gasteiger partial charge in [-0.05, 0) is 11.1 Å². The number of fused-ring (bicyclic) bond motifs is 1. The molecule has 0 aliphatic carbocycles. The summed E-state index contributed by atoms with van der Waals surface area (Å²) in [7, 11) is 0. The molecule has 1 aliphatic heterocycles. The third kappa shape index (κ3) is 2.26. The summed E-state index contributed by atoms with van der Waals surface area (Å²) in [5.74, 6) is 0.483. The van der Waals surface area contributed by atoms with Crippen molar-refractivity contribution in [2.24, 2.45) is 5.92 Å². The van der Waals surface area contributed by atoms with Gasteiger partial charge in [0.25, 0.3) is 0 Å². The maximum absolute atomic E-state index is 11.6. The lowest BCUT2D eigenvalue weighted by Gasteiger charge is -2.14. The second-order valence-electron chi connectivity index (χ2n) is 4.53. The lowest BCUT2D eigenvalue weighted by Crippen LogP contribution is -2.27. The van der Waals surface area contributed by atoms with Crippen LogP contribution in [0.4, 0.5) is 0 Å². The number of ketones is 1. The van der Waals surface area contributed by atoms with Gasteiger partial charge in [-0.3, -0.25) is 9.69 Å². The summed E-state index contributed by atoms with van der Waals surface area (Å²) in [6, 6.07) is 8.42. The first-order valence-electron chi connectivity index (χ1n) is 5.48. The Balaban J connectivity index is 1.99. The van der Waals surface area contributed by atoms with Gasteiger partial charge in [0.1, 0.15) is 5.78 Å². The van der Waals surface area contributed by atoms with Gasteiger partial charge in [0.2, 0.25) is 0 Å². The minimum Gasteiger partial charge on any atom is -0.298 e. The van der Waals surface area contributed by atoms with Crippen LogP contribution in [0.25, 0.3) is 0 Å². The minimum atomic E-state index is 0.147. The monoisotopic (exact) mass is 203 g/mol. The first-order valence-corrected chi connectivity index (χ1v) is 5.48. The van der Waals surface area contributed by atoms with E-state index in [9.17, 15) is 4.79 Å². The molecule has 0 saturated heterocycles. The van der Waals surface area contributed by atoms with Crippen LogP contribution in [0, 0.1) is 5.92 Å². The van der Waals surface area contributed by atoms with Gasteiger partial charge in [-0.2, -0.15) is 0 Å². The molecular weight excluding hydrogens is 186 g/mol. The van der Waals surface area contributed by atoms with Crippen LogP contribution in [-0.4, -0.2) is 17.2 Å². The normalized spacial score (nSPS) is 15.7. The van der Waals surface area contributed by atoms with Crippen molar-refractivity contribution in [1.29, 1.82) is 0 Å². The van der Waals surface area contributed by atoms with E-state index >= 15 is 0 Å². The number of nitrogens with zero attached hydrogens (tertiary/aromatic N) is 1. The molecule has 2 rings (SSSR count). The molecule has 2 nitrogen and oxygen atoms in total. The average Bonchev–Trinajstić information content (AvgIpc) is 2.59. The Morgan fingerprint density at radius 2 is 1.80 bits per heavy atom. The first kappa shape index (κ1) is 10.4. The summed E-state index contributed by atoms with van der Waals surface area (Å²) in [6.45, 7) is 6.37. The molecule has 2 heteroatoms. The fraction of sp³-hybridized carbons (Fsp3) is 0.462. The number of hydrogen-bond donors (Lipinski definition) is 0. The van der Waals surface area contributed by atoms with Crippen LogP contribution in [0.5, 0.6) is 0 Å². The number of carbonyl (C=O) groups is 1. The van der Waals surface area contributed by atoms with E-state index in [1.165, 1.54) is 11.1 Å². The topological polar surface area (TPSA) is 20.3 Å². The molecule has 1 heterocycles. The third-order valence-electron chi connectivity index (χ3n) is 2.93. The van der Waals surface area contributed by atoms with Gasteiger partial charge in [-0.1, -0.05) is 38.1 Å². The molecule has 1 aromatic rings. The minimum absolute atomic E-state index is 0.147. The van der Waals surface area contributed by atoms with Crippen LogP contribution in [0.3, 0.4) is 0 Å². The van der Waals surface area contributed by atoms with E-state index in [4.69, 9.17) is 0 Å². The van der Waals surface area contributed by atoms with Gasteiger partial charge >= 0.3 is 0 Å². The molecule has 0 bridgehead atoms. The number of rotatable bonds is 3. The van der Waals surface area contributed by atoms with Crippen molar-refractivity contribution in [2.75, 3.05) is 6.54 Å². The Kier molecular flexibility index (Phi) is 2.87. The molecule has 0 saturated carbocycles. The molecule has 0 spiro atoms. The SMILES string of the molecule is CC(C)C(=O)CN1Cc2ccccc2C1. The molecule has 0 atom stereocenters. The molecule has 1 aromatic carbocycles. The maximum Gasteiger partial charge on any atom is 0.149 e. The lowest BCUT2D eigenvalue weighted by atomic mass is 10.1. The zero-order chi connectivity index (χ0) is 10.8. The van der Waals surface area contributed by atoms with E-state index in [0.717, 1.165) is 13.1 Å². The maximum atomic E-state index is 11.6. The van der Waals surface area contributed by atoms with Crippen molar-refractivity contribution < 1.29 is 4.79 Å². The fourth-order valence-electron chi connectivity index (χ4n) is 1.92. The largest absolute Gasteiger partial charge is 0.298 e. The van der Waals surface area contributed by atoms with Gasteiger partial charge in [-0.25, -0.2) is 0 Å². The number of hydrogen-bond acceptors (Lipinski definition) is 2. The highest BCUT2D eigenvalue weighted by Crippen LogP contribution is 2.21. The summed E-state index contributed by atoms with van der Waals surface area (Å²) >= 11 is 0. The molecule has 80 valence electrons. The molecular formula is C13H17NO. The Labute approximate surface area is 90.9 Å². The van der Waals surface area contributed by atoms with E-state index in [-0.39, 0.29) is 5.92 Å². The first-order chi connectivity index (χ1) is 7.16. The van der Waals surface area contributed by atoms with Crippen LogP contribution in [0.1, 0.15) is 25.0 Å². The molecule has 0 amide bonds. The fourth-order valence-corrected chi connectivity index (χ4v) is 1.92. The van der Waals surface area contributed by atoms with Gasteiger partial charge in [0.05, 0.1) is 6.54 Å². The molecule has 0 unspecified atom stereocenters. The summed E-state index contributed by atoms with van der Waals surface area (Å²) in [6.07, 6.45) is 0. The second-order valence-corrected chi connectivity index (χ2v) is 4.53. The predicted octanol–water partition coefficient (Wildman–Crippen LogP) is 2.23. The highest BCUT2D eigenvalue weighted by atomic mass is 16.1. The van der Waals surface area contributed by atoms with Crippen molar-refractivity contribution in [1.82, 2.24) is 4.90 Å². The highest BCUT2D eigenvalue weighted by Gasteiger charge is 2.21. The Hall–Kier alpha value is -1.15. The summed E-state index contributed by atoms with van der Waals surface area (Å²) in [5, 5.41) is 0. The molecule has 1 aliphatic rings. The van der Waals surface area contributed by atoms with Crippen molar-refractivity contribution >= 4 is 5.78 Å². The lowest BCUT2D eigenvalue weighted by molar-refractivity contribution is -0.123. The predicted molar refractivity (Wildman–Crippen MR) is 60.4 cm³/mol. The van der Waals surface area contributed by atoms with Crippen LogP contribution < -0.4 is 0 Å². The van der Waals surface area contributed by atoms with Gasteiger partial charge in [0, 0.05) is 19.0 Å². The Morgan fingerprint density at radius 3 is 2.27 bits per heavy atom. The van der Waals surface area contributed by atoms with E-state index in [1.54, 1.807) is 0 Å². The second kappa shape index (κ2) is 4.15. The van der Waals surface area contributed by atoms with Gasteiger partial charge < -0.3 is 0 Å². The van der Waals surface area contributed by atoms with E-state index < -0.39 is 0 Å². The summed E-state index contributed by atoms with van der Waals surface area (Å²) in [5.41, 5.74) is 2.74. The molecule has 0 fully saturated rings. The third-order valence-corrected chi connectivity index (χ3v) is 2.93. The van der Waals surface area contributed by atoms with E-state index in [1.807, 2.05) is 13.8 Å². The van der Waals surface area contributed by atoms with Crippen LogP contribution in [-0.2, 0) is 17.9 Å². The number of Topliss-reactive ketones (excluding diaryl/α,β-unsaturated/α-hetero) is 1. The van der Waals surface area contributed by atoms with Gasteiger partial charge in [-0.15, -0.1) is 0 Å². The highest BCUT2D eigenvalue weighted by molar-refractivity contribution is 5.82. The zero-order valence-corrected chi connectivity index (χ0v) is 9.36. The molecule has 0 aromatic heterocycles. The quantitative estimate of drug-likeness (QED) is 0.750. The van der Waals surface area contributed by atoms with E-state index in [0.29, 0.717) is 12.3 Å². The van der Waals surface area contributed by atoms with Crippen molar-refractivity contribution in [3.63, 3.8) is 0 Å². The Bertz CT molecular complexity index is 346. The van der Waals surface area contributed by atoms with Crippen molar-refractivity contribution in [3.05, 3.63) is 35.4 Å². The molecule has 15 heavy (non-hydrogen) atoms. The number of carbonyl (C=O) groups excluding carboxylic acids is 1. The average molecular weight is 203 g/mol. The smallest absolute Gasteiger partial charge is 0.149 e.